The van der Waals surface area contributed by atoms with Gasteiger partial charge < -0.3 is 19.5 Å². The minimum atomic E-state index is -0.230. The summed E-state index contributed by atoms with van der Waals surface area (Å²) < 4.78 is 16.1. The van der Waals surface area contributed by atoms with Gasteiger partial charge in [-0.3, -0.25) is 4.79 Å². The Bertz CT molecular complexity index is 740. The van der Waals surface area contributed by atoms with Crippen LogP contribution in [0, 0.1) is 20.8 Å². The van der Waals surface area contributed by atoms with Crippen molar-refractivity contribution in [1.82, 2.24) is 0 Å². The number of hydrogen-bond acceptors (Lipinski definition) is 4. The van der Waals surface area contributed by atoms with Gasteiger partial charge >= 0.3 is 0 Å². The van der Waals surface area contributed by atoms with Crippen molar-refractivity contribution >= 4 is 11.6 Å². The standard InChI is InChI=1S/C19H23NO4/c1-12-7-6-8-16(14(12)3)24-11-19(21)20-15-10-18(23-5)17(22-4)9-13(15)2/h6-10H,11H2,1-5H3,(H,20,21). The molecule has 5 nitrogen and oxygen atoms in total. The Morgan fingerprint density at radius 1 is 0.958 bits per heavy atom. The molecule has 0 aliphatic carbocycles. The van der Waals surface area contributed by atoms with Crippen LogP contribution in [0.25, 0.3) is 0 Å². The topological polar surface area (TPSA) is 56.8 Å². The van der Waals surface area contributed by atoms with Crippen LogP contribution in [-0.4, -0.2) is 26.7 Å². The fourth-order valence-corrected chi connectivity index (χ4v) is 2.33. The van der Waals surface area contributed by atoms with Crippen molar-refractivity contribution in [2.75, 3.05) is 26.1 Å². The molecule has 0 fully saturated rings. The fourth-order valence-electron chi connectivity index (χ4n) is 2.33. The maximum atomic E-state index is 12.2. The molecule has 2 rings (SSSR count). The average Bonchev–Trinajstić information content (AvgIpc) is 2.57. The van der Waals surface area contributed by atoms with Gasteiger partial charge in [-0.05, 0) is 49.6 Å². The second-order valence-electron chi connectivity index (χ2n) is 5.56. The lowest BCUT2D eigenvalue weighted by Crippen LogP contribution is -2.21. The molecular formula is C19H23NO4. The zero-order chi connectivity index (χ0) is 17.7. The predicted molar refractivity (Wildman–Crippen MR) is 94.3 cm³/mol. The second kappa shape index (κ2) is 7.73. The summed E-state index contributed by atoms with van der Waals surface area (Å²) in [6, 6.07) is 9.34. The summed E-state index contributed by atoms with van der Waals surface area (Å²) in [6.07, 6.45) is 0. The molecule has 0 bridgehead atoms. The van der Waals surface area contributed by atoms with Crippen LogP contribution in [0.1, 0.15) is 16.7 Å². The molecule has 0 aromatic heterocycles. The van der Waals surface area contributed by atoms with E-state index in [0.717, 1.165) is 16.7 Å². The minimum absolute atomic E-state index is 0.0575. The van der Waals surface area contributed by atoms with Crippen LogP contribution in [0.15, 0.2) is 30.3 Å². The van der Waals surface area contributed by atoms with E-state index in [0.29, 0.717) is 22.9 Å². The molecule has 0 heterocycles. The lowest BCUT2D eigenvalue weighted by atomic mass is 10.1. The first-order valence-electron chi connectivity index (χ1n) is 7.67. The molecule has 0 unspecified atom stereocenters. The lowest BCUT2D eigenvalue weighted by molar-refractivity contribution is -0.118. The molecular weight excluding hydrogens is 306 g/mol. The Morgan fingerprint density at radius 3 is 2.29 bits per heavy atom. The number of amides is 1. The average molecular weight is 329 g/mol. The number of aryl methyl sites for hydroxylation is 2. The van der Waals surface area contributed by atoms with Gasteiger partial charge in [0.1, 0.15) is 5.75 Å². The molecule has 2 aromatic carbocycles. The second-order valence-corrected chi connectivity index (χ2v) is 5.56. The normalized spacial score (nSPS) is 10.2. The van der Waals surface area contributed by atoms with Gasteiger partial charge in [-0.25, -0.2) is 0 Å². The Labute approximate surface area is 142 Å². The summed E-state index contributed by atoms with van der Waals surface area (Å²) in [4.78, 5) is 12.2. The number of carbonyl (C=O) groups excluding carboxylic acids is 1. The van der Waals surface area contributed by atoms with Gasteiger partial charge in [0.2, 0.25) is 0 Å². The van der Waals surface area contributed by atoms with Crippen molar-refractivity contribution in [2.24, 2.45) is 0 Å². The molecule has 128 valence electrons. The van der Waals surface area contributed by atoms with Crippen LogP contribution >= 0.6 is 0 Å². The summed E-state index contributed by atoms with van der Waals surface area (Å²) in [5.41, 5.74) is 3.71. The number of ether oxygens (including phenoxy) is 3. The molecule has 0 atom stereocenters. The molecule has 5 heteroatoms. The van der Waals surface area contributed by atoms with Gasteiger partial charge in [-0.15, -0.1) is 0 Å². The zero-order valence-electron chi connectivity index (χ0n) is 14.7. The number of anilines is 1. The summed E-state index contributed by atoms with van der Waals surface area (Å²) in [5, 5.41) is 2.84. The Morgan fingerprint density at radius 2 is 1.62 bits per heavy atom. The van der Waals surface area contributed by atoms with E-state index >= 15 is 0 Å². The van der Waals surface area contributed by atoms with E-state index in [-0.39, 0.29) is 12.5 Å². The number of carbonyl (C=O) groups is 1. The van der Waals surface area contributed by atoms with Crippen molar-refractivity contribution in [2.45, 2.75) is 20.8 Å². The van der Waals surface area contributed by atoms with Gasteiger partial charge in [0.25, 0.3) is 5.91 Å². The molecule has 0 saturated heterocycles. The van der Waals surface area contributed by atoms with Crippen molar-refractivity contribution in [3.05, 3.63) is 47.0 Å². The summed E-state index contributed by atoms with van der Waals surface area (Å²) in [7, 11) is 3.13. The monoisotopic (exact) mass is 329 g/mol. The minimum Gasteiger partial charge on any atom is -0.493 e. The molecule has 0 saturated carbocycles. The smallest absolute Gasteiger partial charge is 0.262 e. The summed E-state index contributed by atoms with van der Waals surface area (Å²) in [5.74, 6) is 1.67. The third-order valence-corrected chi connectivity index (χ3v) is 3.92. The fraction of sp³-hybridized carbons (Fsp3) is 0.316. The number of rotatable bonds is 6. The van der Waals surface area contributed by atoms with E-state index in [9.17, 15) is 4.79 Å². The summed E-state index contributed by atoms with van der Waals surface area (Å²) >= 11 is 0. The first-order valence-corrected chi connectivity index (χ1v) is 7.67. The van der Waals surface area contributed by atoms with Crippen LogP contribution in [0.5, 0.6) is 17.2 Å². The Balaban J connectivity index is 2.06. The van der Waals surface area contributed by atoms with Crippen molar-refractivity contribution in [3.8, 4) is 17.2 Å². The molecule has 24 heavy (non-hydrogen) atoms. The highest BCUT2D eigenvalue weighted by Crippen LogP contribution is 2.32. The van der Waals surface area contributed by atoms with Gasteiger partial charge in [-0.2, -0.15) is 0 Å². The summed E-state index contributed by atoms with van der Waals surface area (Å²) in [6.45, 7) is 5.82. The maximum absolute atomic E-state index is 12.2. The van der Waals surface area contributed by atoms with E-state index in [1.54, 1.807) is 20.3 Å². The largest absolute Gasteiger partial charge is 0.493 e. The van der Waals surface area contributed by atoms with E-state index in [1.165, 1.54) is 0 Å². The van der Waals surface area contributed by atoms with E-state index < -0.39 is 0 Å². The zero-order valence-corrected chi connectivity index (χ0v) is 14.7. The molecule has 1 amide bonds. The first-order chi connectivity index (χ1) is 11.5. The van der Waals surface area contributed by atoms with Crippen LogP contribution in [0.3, 0.4) is 0 Å². The quantitative estimate of drug-likeness (QED) is 0.879. The van der Waals surface area contributed by atoms with Gasteiger partial charge in [-0.1, -0.05) is 12.1 Å². The Hall–Kier alpha value is -2.69. The molecule has 1 N–H and O–H groups in total. The maximum Gasteiger partial charge on any atom is 0.262 e. The molecule has 0 spiro atoms. The highest BCUT2D eigenvalue weighted by Gasteiger charge is 2.12. The van der Waals surface area contributed by atoms with Crippen molar-refractivity contribution in [1.29, 1.82) is 0 Å². The highest BCUT2D eigenvalue weighted by atomic mass is 16.5. The number of hydrogen-bond donors (Lipinski definition) is 1. The van der Waals surface area contributed by atoms with E-state index in [2.05, 4.69) is 5.32 Å². The van der Waals surface area contributed by atoms with Gasteiger partial charge in [0.05, 0.1) is 14.2 Å². The third kappa shape index (κ3) is 3.98. The molecule has 2 aromatic rings. The molecule has 0 aliphatic rings. The van der Waals surface area contributed by atoms with Crippen LogP contribution < -0.4 is 19.5 Å². The van der Waals surface area contributed by atoms with Crippen LogP contribution in [0.4, 0.5) is 5.69 Å². The van der Waals surface area contributed by atoms with Crippen molar-refractivity contribution in [3.63, 3.8) is 0 Å². The van der Waals surface area contributed by atoms with Gasteiger partial charge in [0, 0.05) is 11.8 Å². The van der Waals surface area contributed by atoms with E-state index in [1.807, 2.05) is 45.0 Å². The van der Waals surface area contributed by atoms with E-state index in [4.69, 9.17) is 14.2 Å². The lowest BCUT2D eigenvalue weighted by Gasteiger charge is -2.14. The number of benzene rings is 2. The SMILES string of the molecule is COc1cc(C)c(NC(=O)COc2cccc(C)c2C)cc1OC. The molecule has 0 radical (unpaired) electrons. The third-order valence-electron chi connectivity index (χ3n) is 3.92. The number of methoxy groups -OCH3 is 2. The first kappa shape index (κ1) is 17.7. The Kier molecular flexibility index (Phi) is 5.68. The van der Waals surface area contributed by atoms with Crippen LogP contribution in [-0.2, 0) is 4.79 Å². The van der Waals surface area contributed by atoms with Gasteiger partial charge in [0.15, 0.2) is 18.1 Å². The highest BCUT2D eigenvalue weighted by molar-refractivity contribution is 5.93. The predicted octanol–water partition coefficient (Wildman–Crippen LogP) is 3.65. The number of nitrogens with one attached hydrogen (secondary N) is 1. The van der Waals surface area contributed by atoms with Crippen LogP contribution in [0.2, 0.25) is 0 Å². The van der Waals surface area contributed by atoms with Crippen molar-refractivity contribution < 1.29 is 19.0 Å². The molecule has 0 aliphatic heterocycles.